The Morgan fingerprint density at radius 2 is 1.78 bits per heavy atom. The Morgan fingerprint density at radius 1 is 1.09 bits per heavy atom. The Balaban J connectivity index is 1.73. The van der Waals surface area contributed by atoms with Crippen LogP contribution in [0.1, 0.15) is 12.5 Å². The SMILES string of the molecule is CCc1ccccc1N1CCN(S(=O)(=O)c2ccc(Cl)s2)CC1. The maximum Gasteiger partial charge on any atom is 0.252 e. The van der Waals surface area contributed by atoms with Crippen LogP contribution in [0, 0.1) is 0 Å². The minimum atomic E-state index is -3.42. The third-order valence-corrected chi connectivity index (χ3v) is 7.69. The molecule has 0 spiro atoms. The first-order valence-corrected chi connectivity index (χ1v) is 10.2. The summed E-state index contributed by atoms with van der Waals surface area (Å²) in [6.07, 6.45) is 0.975. The van der Waals surface area contributed by atoms with Gasteiger partial charge in [0.25, 0.3) is 10.0 Å². The number of sulfonamides is 1. The molecule has 0 amide bonds. The second kappa shape index (κ2) is 6.81. The number of halogens is 1. The molecule has 0 bridgehead atoms. The summed E-state index contributed by atoms with van der Waals surface area (Å²) in [6, 6.07) is 11.5. The van der Waals surface area contributed by atoms with Crippen molar-refractivity contribution in [3.05, 3.63) is 46.3 Å². The number of anilines is 1. The molecular weight excluding hydrogens is 352 g/mol. The van der Waals surface area contributed by atoms with Crippen molar-refractivity contribution in [2.45, 2.75) is 17.6 Å². The maximum absolute atomic E-state index is 12.6. The molecule has 1 saturated heterocycles. The Morgan fingerprint density at radius 3 is 2.39 bits per heavy atom. The highest BCUT2D eigenvalue weighted by atomic mass is 35.5. The highest BCUT2D eigenvalue weighted by molar-refractivity contribution is 7.91. The summed E-state index contributed by atoms with van der Waals surface area (Å²) in [4.78, 5) is 2.27. The number of thiophene rings is 1. The average molecular weight is 371 g/mol. The molecule has 1 aromatic heterocycles. The number of para-hydroxylation sites is 1. The van der Waals surface area contributed by atoms with Crippen LogP contribution in [0.15, 0.2) is 40.6 Å². The van der Waals surface area contributed by atoms with E-state index in [4.69, 9.17) is 11.6 Å². The minimum absolute atomic E-state index is 0.324. The first-order chi connectivity index (χ1) is 11.0. The van der Waals surface area contributed by atoms with E-state index in [1.807, 2.05) is 12.1 Å². The zero-order valence-corrected chi connectivity index (χ0v) is 15.3. The topological polar surface area (TPSA) is 40.6 Å². The number of nitrogens with zero attached hydrogens (tertiary/aromatic N) is 2. The van der Waals surface area contributed by atoms with Gasteiger partial charge in [-0.3, -0.25) is 0 Å². The standard InChI is InChI=1S/C16H19ClN2O2S2/c1-2-13-5-3-4-6-14(13)18-9-11-19(12-10-18)23(20,21)16-8-7-15(17)22-16/h3-8H,2,9-12H2,1H3. The van der Waals surface area contributed by atoms with Gasteiger partial charge in [0.1, 0.15) is 4.21 Å². The van der Waals surface area contributed by atoms with Crippen LogP contribution in [0.25, 0.3) is 0 Å². The van der Waals surface area contributed by atoms with Gasteiger partial charge >= 0.3 is 0 Å². The van der Waals surface area contributed by atoms with Crippen LogP contribution >= 0.6 is 22.9 Å². The van der Waals surface area contributed by atoms with Crippen LogP contribution in [0.3, 0.4) is 0 Å². The summed E-state index contributed by atoms with van der Waals surface area (Å²) in [5.74, 6) is 0. The van der Waals surface area contributed by atoms with E-state index in [0.717, 1.165) is 17.8 Å². The molecule has 0 unspecified atom stereocenters. The fourth-order valence-electron chi connectivity index (χ4n) is 2.85. The molecule has 0 N–H and O–H groups in total. The van der Waals surface area contributed by atoms with Gasteiger partial charge in [0.2, 0.25) is 0 Å². The number of aryl methyl sites for hydroxylation is 1. The second-order valence-electron chi connectivity index (χ2n) is 5.43. The number of piperazine rings is 1. The molecule has 124 valence electrons. The highest BCUT2D eigenvalue weighted by Gasteiger charge is 2.30. The predicted molar refractivity (Wildman–Crippen MR) is 96.1 cm³/mol. The molecular formula is C16H19ClN2O2S2. The van der Waals surface area contributed by atoms with Gasteiger partial charge in [0.15, 0.2) is 0 Å². The van der Waals surface area contributed by atoms with Crippen molar-refractivity contribution in [2.24, 2.45) is 0 Å². The Kier molecular flexibility index (Phi) is 4.96. The van der Waals surface area contributed by atoms with Crippen LogP contribution in [0.2, 0.25) is 4.34 Å². The van der Waals surface area contributed by atoms with Crippen molar-refractivity contribution < 1.29 is 8.42 Å². The maximum atomic E-state index is 12.6. The fraction of sp³-hybridized carbons (Fsp3) is 0.375. The molecule has 3 rings (SSSR count). The van der Waals surface area contributed by atoms with E-state index >= 15 is 0 Å². The second-order valence-corrected chi connectivity index (χ2v) is 9.31. The minimum Gasteiger partial charge on any atom is -0.369 e. The summed E-state index contributed by atoms with van der Waals surface area (Å²) in [7, 11) is -3.42. The predicted octanol–water partition coefficient (Wildman–Crippen LogP) is 3.47. The van der Waals surface area contributed by atoms with E-state index in [1.54, 1.807) is 16.4 Å². The van der Waals surface area contributed by atoms with Crippen molar-refractivity contribution in [1.29, 1.82) is 0 Å². The summed E-state index contributed by atoms with van der Waals surface area (Å²) in [5, 5.41) is 0. The molecule has 0 atom stereocenters. The van der Waals surface area contributed by atoms with Crippen molar-refractivity contribution in [2.75, 3.05) is 31.1 Å². The van der Waals surface area contributed by atoms with Gasteiger partial charge < -0.3 is 4.90 Å². The fourth-order valence-corrected chi connectivity index (χ4v) is 5.91. The van der Waals surface area contributed by atoms with E-state index in [9.17, 15) is 8.42 Å². The lowest BCUT2D eigenvalue weighted by molar-refractivity contribution is 0.385. The lowest BCUT2D eigenvalue weighted by atomic mass is 10.1. The third kappa shape index (κ3) is 3.40. The molecule has 0 aliphatic carbocycles. The van der Waals surface area contributed by atoms with Gasteiger partial charge in [0.05, 0.1) is 4.34 Å². The molecule has 0 radical (unpaired) electrons. The molecule has 1 aromatic carbocycles. The molecule has 1 aliphatic heterocycles. The van der Waals surface area contributed by atoms with Crippen LogP contribution in [0.5, 0.6) is 0 Å². The molecule has 7 heteroatoms. The molecule has 4 nitrogen and oxygen atoms in total. The molecule has 23 heavy (non-hydrogen) atoms. The Labute approximate surface area is 146 Å². The van der Waals surface area contributed by atoms with Crippen molar-refractivity contribution in [1.82, 2.24) is 4.31 Å². The molecule has 0 saturated carbocycles. The van der Waals surface area contributed by atoms with Gasteiger partial charge in [-0.1, -0.05) is 36.7 Å². The lowest BCUT2D eigenvalue weighted by Gasteiger charge is -2.36. The number of hydrogen-bond acceptors (Lipinski definition) is 4. The first-order valence-electron chi connectivity index (χ1n) is 7.60. The first kappa shape index (κ1) is 16.8. The third-order valence-electron chi connectivity index (χ3n) is 4.09. The van der Waals surface area contributed by atoms with Gasteiger partial charge in [-0.15, -0.1) is 11.3 Å². The van der Waals surface area contributed by atoms with Crippen molar-refractivity contribution >= 4 is 38.6 Å². The highest BCUT2D eigenvalue weighted by Crippen LogP contribution is 2.29. The van der Waals surface area contributed by atoms with E-state index in [1.165, 1.54) is 11.3 Å². The van der Waals surface area contributed by atoms with Crippen LogP contribution in [-0.4, -0.2) is 38.9 Å². The average Bonchev–Trinajstić information content (AvgIpc) is 3.02. The largest absolute Gasteiger partial charge is 0.369 e. The van der Waals surface area contributed by atoms with E-state index in [2.05, 4.69) is 24.0 Å². The molecule has 2 heterocycles. The quantitative estimate of drug-likeness (QED) is 0.827. The number of hydrogen-bond donors (Lipinski definition) is 0. The Bertz CT molecular complexity index is 781. The van der Waals surface area contributed by atoms with Crippen LogP contribution < -0.4 is 4.90 Å². The van der Waals surface area contributed by atoms with Crippen molar-refractivity contribution in [3.8, 4) is 0 Å². The zero-order valence-electron chi connectivity index (χ0n) is 12.9. The van der Waals surface area contributed by atoms with Gasteiger partial charge in [-0.25, -0.2) is 8.42 Å². The summed E-state index contributed by atoms with van der Waals surface area (Å²) in [6.45, 7) is 4.54. The van der Waals surface area contributed by atoms with E-state index < -0.39 is 10.0 Å². The summed E-state index contributed by atoms with van der Waals surface area (Å²) < 4.78 is 27.6. The summed E-state index contributed by atoms with van der Waals surface area (Å²) >= 11 is 6.98. The van der Waals surface area contributed by atoms with Crippen molar-refractivity contribution in [3.63, 3.8) is 0 Å². The monoisotopic (exact) mass is 370 g/mol. The van der Waals surface area contributed by atoms with Gasteiger partial charge in [0, 0.05) is 31.9 Å². The molecule has 1 fully saturated rings. The summed E-state index contributed by atoms with van der Waals surface area (Å²) in [5.41, 5.74) is 2.51. The normalized spacial score (nSPS) is 16.7. The Hall–Kier alpha value is -1.08. The number of rotatable bonds is 4. The van der Waals surface area contributed by atoms with Gasteiger partial charge in [-0.2, -0.15) is 4.31 Å². The molecule has 1 aliphatic rings. The zero-order chi connectivity index (χ0) is 16.4. The van der Waals surface area contributed by atoms with Crippen LogP contribution in [-0.2, 0) is 16.4 Å². The van der Waals surface area contributed by atoms with E-state index in [0.29, 0.717) is 34.7 Å². The van der Waals surface area contributed by atoms with Gasteiger partial charge in [-0.05, 0) is 30.2 Å². The lowest BCUT2D eigenvalue weighted by Crippen LogP contribution is -2.48. The van der Waals surface area contributed by atoms with E-state index in [-0.39, 0.29) is 0 Å². The van der Waals surface area contributed by atoms with Crippen LogP contribution in [0.4, 0.5) is 5.69 Å². The smallest absolute Gasteiger partial charge is 0.252 e. The molecule has 2 aromatic rings. The number of benzene rings is 1.